The Hall–Kier alpha value is -3.24. The molecule has 0 amide bonds. The topological polar surface area (TPSA) is 184 Å². The lowest BCUT2D eigenvalue weighted by atomic mass is 9.97. The molecule has 136 valence electrons. The van der Waals surface area contributed by atoms with Gasteiger partial charge in [-0.05, 0) is 13.0 Å². The van der Waals surface area contributed by atoms with Gasteiger partial charge in [-0.25, -0.2) is 0 Å². The van der Waals surface area contributed by atoms with E-state index in [0.29, 0.717) is 0 Å². The molecule has 4 N–H and O–H groups in total. The fourth-order valence-corrected chi connectivity index (χ4v) is 2.23. The van der Waals surface area contributed by atoms with Gasteiger partial charge in [0.1, 0.15) is 11.8 Å². The van der Waals surface area contributed by atoms with Crippen molar-refractivity contribution in [2.75, 3.05) is 0 Å². The van der Waals surface area contributed by atoms with Crippen LogP contribution < -0.4 is 0 Å². The summed E-state index contributed by atoms with van der Waals surface area (Å²) >= 11 is 0. The fourth-order valence-electron chi connectivity index (χ4n) is 2.23. The van der Waals surface area contributed by atoms with Gasteiger partial charge in [-0.1, -0.05) is 0 Å². The van der Waals surface area contributed by atoms with Crippen LogP contribution in [0.3, 0.4) is 0 Å². The number of rotatable bonds is 10. The molecule has 0 spiro atoms. The second-order valence-electron chi connectivity index (χ2n) is 5.33. The Morgan fingerprint density at radius 1 is 0.960 bits per heavy atom. The van der Waals surface area contributed by atoms with Gasteiger partial charge in [-0.3, -0.25) is 28.7 Å². The molecule has 0 aliphatic carbocycles. The molecule has 0 aromatic carbocycles. The third-order valence-electron chi connectivity index (χ3n) is 3.27. The van der Waals surface area contributed by atoms with Crippen molar-refractivity contribution >= 4 is 29.7 Å². The lowest BCUT2D eigenvalue weighted by Crippen LogP contribution is -2.21. The zero-order valence-electron chi connectivity index (χ0n) is 13.1. The third-order valence-corrected chi connectivity index (χ3v) is 3.27. The molecule has 2 unspecified atom stereocenters. The molecule has 1 aromatic heterocycles. The average molecular weight is 356 g/mol. The normalized spacial score (nSPS) is 13.0. The van der Waals surface area contributed by atoms with E-state index in [1.807, 2.05) is 0 Å². The van der Waals surface area contributed by atoms with Gasteiger partial charge in [-0.15, -0.1) is 0 Å². The van der Waals surface area contributed by atoms with Crippen LogP contribution in [0.5, 0.6) is 0 Å². The van der Waals surface area contributed by atoms with E-state index in [9.17, 15) is 29.1 Å². The SMILES string of the molecule is CC(=O)Cn1nc(C(CC(=O)O)C(=O)O)cc1C(CC(=O)O)C(=O)O. The minimum Gasteiger partial charge on any atom is -0.481 e. The van der Waals surface area contributed by atoms with Gasteiger partial charge in [-0.2, -0.15) is 5.10 Å². The summed E-state index contributed by atoms with van der Waals surface area (Å²) in [6, 6.07) is 1.02. The maximum Gasteiger partial charge on any atom is 0.313 e. The molecular weight excluding hydrogens is 340 g/mol. The lowest BCUT2D eigenvalue weighted by molar-refractivity contribution is -0.145. The van der Waals surface area contributed by atoms with Crippen LogP contribution in [0.15, 0.2) is 6.07 Å². The van der Waals surface area contributed by atoms with Crippen LogP contribution >= 0.6 is 0 Å². The van der Waals surface area contributed by atoms with E-state index in [2.05, 4.69) is 5.10 Å². The van der Waals surface area contributed by atoms with Crippen LogP contribution in [0.2, 0.25) is 0 Å². The van der Waals surface area contributed by atoms with Crippen molar-refractivity contribution in [3.8, 4) is 0 Å². The Morgan fingerprint density at radius 3 is 1.84 bits per heavy atom. The van der Waals surface area contributed by atoms with E-state index >= 15 is 0 Å². The number of carboxylic acid groups (broad SMARTS) is 4. The number of hydrogen-bond acceptors (Lipinski definition) is 6. The van der Waals surface area contributed by atoms with Crippen LogP contribution in [-0.2, 0) is 30.5 Å². The maximum absolute atomic E-state index is 11.4. The van der Waals surface area contributed by atoms with Crippen molar-refractivity contribution in [3.05, 3.63) is 17.5 Å². The Kier molecular flexibility index (Phi) is 6.37. The third kappa shape index (κ3) is 5.41. The summed E-state index contributed by atoms with van der Waals surface area (Å²) in [4.78, 5) is 55.7. The molecule has 11 nitrogen and oxygen atoms in total. The molecule has 0 fully saturated rings. The molecule has 0 saturated carbocycles. The van der Waals surface area contributed by atoms with Gasteiger partial charge in [0.25, 0.3) is 0 Å². The molecule has 0 aliphatic rings. The Balaban J connectivity index is 3.43. The molecule has 2 atom stereocenters. The van der Waals surface area contributed by atoms with Crippen LogP contribution in [0.25, 0.3) is 0 Å². The first kappa shape index (κ1) is 19.8. The van der Waals surface area contributed by atoms with Crippen molar-refractivity contribution in [2.24, 2.45) is 0 Å². The molecule has 0 saturated heterocycles. The number of Topliss-reactive ketones (excluding diaryl/α,β-unsaturated/α-hetero) is 1. The molecule has 11 heteroatoms. The second-order valence-corrected chi connectivity index (χ2v) is 5.33. The summed E-state index contributed by atoms with van der Waals surface area (Å²) in [5.74, 6) is -9.38. The van der Waals surface area contributed by atoms with Crippen molar-refractivity contribution in [1.82, 2.24) is 9.78 Å². The summed E-state index contributed by atoms with van der Waals surface area (Å²) in [7, 11) is 0. The highest BCUT2D eigenvalue weighted by Gasteiger charge is 2.32. The first-order valence-electron chi connectivity index (χ1n) is 6.99. The van der Waals surface area contributed by atoms with Crippen molar-refractivity contribution in [3.63, 3.8) is 0 Å². The van der Waals surface area contributed by atoms with Crippen LogP contribution in [0.4, 0.5) is 0 Å². The quantitative estimate of drug-likeness (QED) is 0.436. The van der Waals surface area contributed by atoms with E-state index in [1.54, 1.807) is 0 Å². The Labute approximate surface area is 140 Å². The summed E-state index contributed by atoms with van der Waals surface area (Å²) in [6.45, 7) is 0.780. The van der Waals surface area contributed by atoms with E-state index in [1.165, 1.54) is 6.92 Å². The number of aliphatic carboxylic acids is 4. The van der Waals surface area contributed by atoms with Gasteiger partial charge in [0.15, 0.2) is 5.78 Å². The lowest BCUT2D eigenvalue weighted by Gasteiger charge is -2.11. The van der Waals surface area contributed by atoms with E-state index in [-0.39, 0.29) is 11.4 Å². The largest absolute Gasteiger partial charge is 0.481 e. The average Bonchev–Trinajstić information content (AvgIpc) is 2.83. The van der Waals surface area contributed by atoms with Crippen LogP contribution in [0, 0.1) is 0 Å². The molecule has 25 heavy (non-hydrogen) atoms. The standard InChI is InChI=1S/C14H16N2O9/c1-6(17)5-16-10(8(14(24)25)3-12(20)21)4-9(15-16)7(13(22)23)2-11(18)19/h4,7-8H,2-3,5H2,1H3,(H,18,19)(H,20,21)(H,22,23)(H,24,25). The zero-order chi connectivity index (χ0) is 19.3. The van der Waals surface area contributed by atoms with Crippen LogP contribution in [-0.4, -0.2) is 59.9 Å². The molecule has 0 aliphatic heterocycles. The fraction of sp³-hybridized carbons (Fsp3) is 0.429. The number of carbonyl (C=O) groups excluding carboxylic acids is 1. The minimum absolute atomic E-state index is 0.184. The highest BCUT2D eigenvalue weighted by atomic mass is 16.4. The van der Waals surface area contributed by atoms with Crippen molar-refractivity contribution in [2.45, 2.75) is 38.1 Å². The minimum atomic E-state index is -1.57. The predicted molar refractivity (Wildman–Crippen MR) is 78.2 cm³/mol. The molecule has 0 bridgehead atoms. The number of carboxylic acids is 4. The van der Waals surface area contributed by atoms with Gasteiger partial charge >= 0.3 is 23.9 Å². The first-order valence-corrected chi connectivity index (χ1v) is 6.99. The summed E-state index contributed by atoms with van der Waals surface area (Å²) in [5, 5.41) is 39.9. The second kappa shape index (κ2) is 8.04. The first-order chi connectivity index (χ1) is 11.5. The van der Waals surface area contributed by atoms with Gasteiger partial charge < -0.3 is 20.4 Å². The maximum atomic E-state index is 11.4. The summed E-state index contributed by atoms with van der Waals surface area (Å²) in [5.41, 5.74) is -0.445. The Bertz CT molecular complexity index is 722. The number of nitrogens with zero attached hydrogens (tertiary/aromatic N) is 2. The van der Waals surface area contributed by atoms with E-state index in [4.69, 9.17) is 15.3 Å². The monoisotopic (exact) mass is 356 g/mol. The molecule has 0 radical (unpaired) electrons. The number of carbonyl (C=O) groups is 5. The van der Waals surface area contributed by atoms with E-state index < -0.39 is 60.9 Å². The Morgan fingerprint density at radius 2 is 1.44 bits per heavy atom. The van der Waals surface area contributed by atoms with Gasteiger partial charge in [0, 0.05) is 0 Å². The molecule has 1 aromatic rings. The van der Waals surface area contributed by atoms with Gasteiger partial charge in [0.2, 0.25) is 0 Å². The van der Waals surface area contributed by atoms with Gasteiger partial charge in [0.05, 0.1) is 30.8 Å². The van der Waals surface area contributed by atoms with Crippen molar-refractivity contribution in [1.29, 1.82) is 0 Å². The van der Waals surface area contributed by atoms with E-state index in [0.717, 1.165) is 10.7 Å². The predicted octanol–water partition coefficient (Wildman–Crippen LogP) is -0.242. The highest BCUT2D eigenvalue weighted by molar-refractivity contribution is 5.84. The smallest absolute Gasteiger partial charge is 0.313 e. The van der Waals surface area contributed by atoms with Crippen LogP contribution in [0.1, 0.15) is 43.0 Å². The summed E-state index contributed by atoms with van der Waals surface area (Å²) < 4.78 is 0.900. The zero-order valence-corrected chi connectivity index (χ0v) is 13.1. The highest BCUT2D eigenvalue weighted by Crippen LogP contribution is 2.26. The number of ketones is 1. The number of hydrogen-bond donors (Lipinski definition) is 4. The summed E-state index contributed by atoms with van der Waals surface area (Å²) in [6.07, 6.45) is -1.61. The molecular formula is C14H16N2O9. The van der Waals surface area contributed by atoms with Crippen molar-refractivity contribution < 1.29 is 44.4 Å². The molecule has 1 rings (SSSR count). The molecule has 1 heterocycles. The number of aromatic nitrogens is 2.